The van der Waals surface area contributed by atoms with Crippen molar-refractivity contribution in [2.45, 2.75) is 13.8 Å². The fourth-order valence-corrected chi connectivity index (χ4v) is 2.86. The maximum absolute atomic E-state index is 12.9. The minimum Gasteiger partial charge on any atom is -0.360 e. The Labute approximate surface area is 149 Å². The molecule has 130 valence electrons. The van der Waals surface area contributed by atoms with Crippen molar-refractivity contribution in [2.75, 3.05) is 5.32 Å². The van der Waals surface area contributed by atoms with Gasteiger partial charge < -0.3 is 9.84 Å². The number of hydrogen-bond acceptors (Lipinski definition) is 5. The lowest BCUT2D eigenvalue weighted by molar-refractivity contribution is 0.102. The first kappa shape index (κ1) is 16.0. The molecule has 1 aromatic carbocycles. The number of benzene rings is 1. The van der Waals surface area contributed by atoms with E-state index in [-0.39, 0.29) is 5.91 Å². The molecule has 0 atom stereocenters. The number of hydrogen-bond donors (Lipinski definition) is 1. The van der Waals surface area contributed by atoms with E-state index in [1.54, 1.807) is 29.9 Å². The van der Waals surface area contributed by atoms with Crippen LogP contribution in [0.2, 0.25) is 0 Å². The van der Waals surface area contributed by atoms with Crippen molar-refractivity contribution >= 4 is 22.6 Å². The Balaban J connectivity index is 1.84. The molecule has 0 saturated heterocycles. The maximum Gasteiger partial charge on any atom is 0.257 e. The largest absolute Gasteiger partial charge is 0.360 e. The van der Waals surface area contributed by atoms with E-state index in [0.29, 0.717) is 22.8 Å². The highest BCUT2D eigenvalue weighted by atomic mass is 16.5. The highest BCUT2D eigenvalue weighted by Crippen LogP contribution is 2.27. The van der Waals surface area contributed by atoms with E-state index in [1.807, 2.05) is 38.2 Å². The Bertz CT molecular complexity index is 1130. The van der Waals surface area contributed by atoms with Crippen molar-refractivity contribution in [3.05, 3.63) is 59.6 Å². The molecular weight excluding hydrogens is 330 g/mol. The number of carbonyl (C=O) groups is 1. The Kier molecular flexibility index (Phi) is 3.76. The number of nitrogens with one attached hydrogen (secondary N) is 1. The highest BCUT2D eigenvalue weighted by molar-refractivity contribution is 6.12. The summed E-state index contributed by atoms with van der Waals surface area (Å²) in [7, 11) is 1.88. The van der Waals surface area contributed by atoms with E-state index in [0.717, 1.165) is 22.2 Å². The van der Waals surface area contributed by atoms with Crippen LogP contribution >= 0.6 is 0 Å². The van der Waals surface area contributed by atoms with Crippen molar-refractivity contribution in [3.8, 4) is 11.3 Å². The van der Waals surface area contributed by atoms with Crippen LogP contribution in [-0.4, -0.2) is 25.8 Å². The number of fused-ring (bicyclic) bond motifs is 1. The second kappa shape index (κ2) is 6.11. The number of amides is 1. The van der Waals surface area contributed by atoms with Crippen LogP contribution in [0.25, 0.3) is 22.2 Å². The molecule has 0 aliphatic carbocycles. The zero-order valence-corrected chi connectivity index (χ0v) is 14.6. The normalized spacial score (nSPS) is 11.0. The van der Waals surface area contributed by atoms with Gasteiger partial charge in [0, 0.05) is 29.8 Å². The summed E-state index contributed by atoms with van der Waals surface area (Å²) in [5.74, 6) is 0.749. The second-order valence-corrected chi connectivity index (χ2v) is 6.12. The van der Waals surface area contributed by atoms with Crippen LogP contribution in [0.1, 0.15) is 21.8 Å². The molecule has 0 unspecified atom stereocenters. The Morgan fingerprint density at radius 3 is 2.69 bits per heavy atom. The first-order chi connectivity index (χ1) is 12.5. The molecule has 0 aliphatic rings. The van der Waals surface area contributed by atoms with E-state index in [1.165, 1.54) is 0 Å². The molecule has 1 amide bonds. The lowest BCUT2D eigenvalue weighted by Gasteiger charge is -2.09. The van der Waals surface area contributed by atoms with Gasteiger partial charge in [0.15, 0.2) is 5.82 Å². The zero-order chi connectivity index (χ0) is 18.3. The third-order valence-electron chi connectivity index (χ3n) is 4.34. The van der Waals surface area contributed by atoms with Crippen LogP contribution in [0, 0.1) is 13.8 Å². The van der Waals surface area contributed by atoms with Gasteiger partial charge in [-0.3, -0.25) is 9.48 Å². The van der Waals surface area contributed by atoms with Gasteiger partial charge in [-0.25, -0.2) is 4.98 Å². The minimum atomic E-state index is -0.264. The molecule has 26 heavy (non-hydrogen) atoms. The second-order valence-electron chi connectivity index (χ2n) is 6.12. The fourth-order valence-electron chi connectivity index (χ4n) is 2.86. The Morgan fingerprint density at radius 2 is 2.00 bits per heavy atom. The molecule has 1 N–H and O–H groups in total. The van der Waals surface area contributed by atoms with Crippen molar-refractivity contribution < 1.29 is 9.32 Å². The van der Waals surface area contributed by atoms with Crippen molar-refractivity contribution in [1.29, 1.82) is 0 Å². The number of carbonyl (C=O) groups excluding carboxylic acids is 1. The van der Waals surface area contributed by atoms with Crippen LogP contribution in [0.15, 0.2) is 47.1 Å². The molecular formula is C19H17N5O2. The predicted octanol–water partition coefficient (Wildman–Crippen LogP) is 3.49. The van der Waals surface area contributed by atoms with E-state index in [2.05, 4.69) is 15.6 Å². The van der Waals surface area contributed by atoms with Gasteiger partial charge >= 0.3 is 0 Å². The van der Waals surface area contributed by atoms with Gasteiger partial charge in [-0.2, -0.15) is 5.10 Å². The van der Waals surface area contributed by atoms with Crippen molar-refractivity contribution in [1.82, 2.24) is 19.9 Å². The van der Waals surface area contributed by atoms with Crippen LogP contribution in [-0.2, 0) is 7.05 Å². The van der Waals surface area contributed by atoms with Gasteiger partial charge in [0.05, 0.1) is 23.0 Å². The number of pyridine rings is 1. The molecule has 0 saturated carbocycles. The molecule has 0 bridgehead atoms. The number of aryl methyl sites for hydroxylation is 2. The van der Waals surface area contributed by atoms with E-state index >= 15 is 0 Å². The number of rotatable bonds is 3. The summed E-state index contributed by atoms with van der Waals surface area (Å²) >= 11 is 0. The Hall–Kier alpha value is -3.48. The van der Waals surface area contributed by atoms with Gasteiger partial charge in [-0.05, 0) is 26.0 Å². The van der Waals surface area contributed by atoms with Gasteiger partial charge in [0.2, 0.25) is 0 Å². The molecule has 3 aromatic heterocycles. The first-order valence-electron chi connectivity index (χ1n) is 8.16. The molecule has 7 nitrogen and oxygen atoms in total. The molecule has 4 aromatic rings. The lowest BCUT2D eigenvalue weighted by atomic mass is 10.0. The third kappa shape index (κ3) is 2.73. The molecule has 3 heterocycles. The third-order valence-corrected chi connectivity index (χ3v) is 4.34. The summed E-state index contributed by atoms with van der Waals surface area (Å²) < 4.78 is 6.79. The average Bonchev–Trinajstić information content (AvgIpc) is 3.19. The van der Waals surface area contributed by atoms with Gasteiger partial charge in [0.25, 0.3) is 5.91 Å². The van der Waals surface area contributed by atoms with Crippen molar-refractivity contribution in [3.63, 3.8) is 0 Å². The van der Waals surface area contributed by atoms with Crippen LogP contribution in [0.4, 0.5) is 5.82 Å². The van der Waals surface area contributed by atoms with Crippen LogP contribution < -0.4 is 5.32 Å². The quantitative estimate of drug-likeness (QED) is 0.613. The molecule has 0 fully saturated rings. The topological polar surface area (TPSA) is 85.8 Å². The molecule has 0 radical (unpaired) electrons. The zero-order valence-electron chi connectivity index (χ0n) is 14.6. The monoisotopic (exact) mass is 347 g/mol. The van der Waals surface area contributed by atoms with Crippen molar-refractivity contribution in [2.24, 2.45) is 7.05 Å². The number of para-hydroxylation sites is 1. The van der Waals surface area contributed by atoms with E-state index in [9.17, 15) is 4.79 Å². The number of anilines is 1. The predicted molar refractivity (Wildman–Crippen MR) is 97.9 cm³/mol. The smallest absolute Gasteiger partial charge is 0.257 e. The highest BCUT2D eigenvalue weighted by Gasteiger charge is 2.17. The summed E-state index contributed by atoms with van der Waals surface area (Å²) in [5.41, 5.74) is 3.84. The lowest BCUT2D eigenvalue weighted by Crippen LogP contribution is -2.13. The Morgan fingerprint density at radius 1 is 1.19 bits per heavy atom. The van der Waals surface area contributed by atoms with E-state index in [4.69, 9.17) is 9.51 Å². The SMILES string of the molecule is Cc1cc(NC(=O)c2cc(-c3cnn(C)c3C)nc3ccccc23)no1. The number of aromatic nitrogens is 4. The first-order valence-corrected chi connectivity index (χ1v) is 8.16. The minimum absolute atomic E-state index is 0.264. The molecule has 7 heteroatoms. The average molecular weight is 347 g/mol. The van der Waals surface area contributed by atoms with Gasteiger partial charge in [0.1, 0.15) is 5.76 Å². The van der Waals surface area contributed by atoms with E-state index < -0.39 is 0 Å². The van der Waals surface area contributed by atoms with Crippen LogP contribution in [0.3, 0.4) is 0 Å². The fraction of sp³-hybridized carbons (Fsp3) is 0.158. The summed E-state index contributed by atoms with van der Waals surface area (Å²) in [6, 6.07) is 11.0. The van der Waals surface area contributed by atoms with Gasteiger partial charge in [-0.1, -0.05) is 23.4 Å². The maximum atomic E-state index is 12.9. The van der Waals surface area contributed by atoms with Crippen LogP contribution in [0.5, 0.6) is 0 Å². The summed E-state index contributed by atoms with van der Waals surface area (Å²) in [6.07, 6.45) is 1.76. The molecule has 0 aliphatic heterocycles. The number of nitrogens with zero attached hydrogens (tertiary/aromatic N) is 4. The molecule has 0 spiro atoms. The summed E-state index contributed by atoms with van der Waals surface area (Å²) in [5, 5.41) is 11.6. The summed E-state index contributed by atoms with van der Waals surface area (Å²) in [6.45, 7) is 3.74. The summed E-state index contributed by atoms with van der Waals surface area (Å²) in [4.78, 5) is 17.6. The standard InChI is InChI=1S/C19H17N5O2/c1-11-8-18(23-26-11)22-19(25)14-9-17(15-10-20-24(3)12(15)2)21-16-7-5-4-6-13(14)16/h4-10H,1-3H3,(H,22,23,25). The molecule has 4 rings (SSSR count). The van der Waals surface area contributed by atoms with Gasteiger partial charge in [-0.15, -0.1) is 0 Å².